The SMILES string of the molecule is COCCN(C)CCNc1nc2c(Br)cccn2n1. The van der Waals surface area contributed by atoms with E-state index in [0.717, 1.165) is 36.4 Å². The summed E-state index contributed by atoms with van der Waals surface area (Å²) in [6.45, 7) is 3.38. The molecular formula is C12H18BrN5O. The minimum absolute atomic E-state index is 0.645. The topological polar surface area (TPSA) is 54.7 Å². The van der Waals surface area contributed by atoms with Crippen LogP contribution >= 0.6 is 15.9 Å². The van der Waals surface area contributed by atoms with Gasteiger partial charge >= 0.3 is 0 Å². The van der Waals surface area contributed by atoms with Gasteiger partial charge in [-0.2, -0.15) is 4.98 Å². The van der Waals surface area contributed by atoms with E-state index in [9.17, 15) is 0 Å². The van der Waals surface area contributed by atoms with Crippen molar-refractivity contribution in [1.29, 1.82) is 0 Å². The third-order valence-corrected chi connectivity index (χ3v) is 3.39. The summed E-state index contributed by atoms with van der Waals surface area (Å²) in [6, 6.07) is 3.88. The van der Waals surface area contributed by atoms with Gasteiger partial charge in [0, 0.05) is 32.9 Å². The molecule has 0 aromatic carbocycles. The molecule has 19 heavy (non-hydrogen) atoms. The van der Waals surface area contributed by atoms with E-state index in [4.69, 9.17) is 4.74 Å². The number of hydrogen-bond donors (Lipinski definition) is 1. The van der Waals surface area contributed by atoms with Crippen molar-refractivity contribution in [2.45, 2.75) is 0 Å². The lowest BCUT2D eigenvalue weighted by atomic mass is 10.5. The highest BCUT2D eigenvalue weighted by Gasteiger charge is 2.05. The maximum absolute atomic E-state index is 5.03. The normalized spacial score (nSPS) is 11.4. The fraction of sp³-hybridized carbons (Fsp3) is 0.500. The van der Waals surface area contributed by atoms with Gasteiger partial charge in [-0.05, 0) is 35.1 Å². The Morgan fingerprint density at radius 1 is 1.47 bits per heavy atom. The van der Waals surface area contributed by atoms with Crippen LogP contribution in [0, 0.1) is 0 Å². The van der Waals surface area contributed by atoms with Gasteiger partial charge in [0.2, 0.25) is 5.95 Å². The van der Waals surface area contributed by atoms with Crippen LogP contribution in [0.3, 0.4) is 0 Å². The average molecular weight is 328 g/mol. The van der Waals surface area contributed by atoms with E-state index >= 15 is 0 Å². The molecule has 0 radical (unpaired) electrons. The van der Waals surface area contributed by atoms with Gasteiger partial charge in [0.1, 0.15) is 0 Å². The van der Waals surface area contributed by atoms with Gasteiger partial charge in [-0.25, -0.2) is 4.52 Å². The zero-order valence-corrected chi connectivity index (χ0v) is 12.7. The van der Waals surface area contributed by atoms with Crippen LogP contribution in [-0.2, 0) is 4.74 Å². The Morgan fingerprint density at radius 3 is 3.05 bits per heavy atom. The van der Waals surface area contributed by atoms with Crippen molar-refractivity contribution in [3.05, 3.63) is 22.8 Å². The second-order valence-electron chi connectivity index (χ2n) is 4.28. The summed E-state index contributed by atoms with van der Waals surface area (Å²) in [5, 5.41) is 7.58. The fourth-order valence-electron chi connectivity index (χ4n) is 1.67. The molecule has 1 N–H and O–H groups in total. The number of halogens is 1. The Balaban J connectivity index is 1.86. The van der Waals surface area contributed by atoms with Gasteiger partial charge in [-0.15, -0.1) is 5.10 Å². The van der Waals surface area contributed by atoms with E-state index in [2.05, 4.69) is 43.3 Å². The molecule has 0 saturated heterocycles. The number of ether oxygens (including phenoxy) is 1. The van der Waals surface area contributed by atoms with Crippen LogP contribution in [0.25, 0.3) is 5.65 Å². The van der Waals surface area contributed by atoms with Gasteiger partial charge in [-0.1, -0.05) is 0 Å². The van der Waals surface area contributed by atoms with Crippen molar-refractivity contribution in [1.82, 2.24) is 19.5 Å². The Labute approximate surface area is 120 Å². The minimum atomic E-state index is 0.645. The predicted molar refractivity (Wildman–Crippen MR) is 78.5 cm³/mol. The largest absolute Gasteiger partial charge is 0.383 e. The molecule has 0 saturated carbocycles. The molecule has 7 heteroatoms. The maximum Gasteiger partial charge on any atom is 0.243 e. The first kappa shape index (κ1) is 14.2. The quantitative estimate of drug-likeness (QED) is 0.834. The molecule has 0 aliphatic carbocycles. The van der Waals surface area contributed by atoms with Crippen molar-refractivity contribution < 1.29 is 4.74 Å². The maximum atomic E-state index is 5.03. The van der Waals surface area contributed by atoms with Crippen LogP contribution in [0.1, 0.15) is 0 Å². The predicted octanol–water partition coefficient (Wildman–Crippen LogP) is 1.48. The molecule has 0 amide bonds. The van der Waals surface area contributed by atoms with Crippen molar-refractivity contribution in [3.63, 3.8) is 0 Å². The number of fused-ring (bicyclic) bond motifs is 1. The minimum Gasteiger partial charge on any atom is -0.383 e. The van der Waals surface area contributed by atoms with Crippen molar-refractivity contribution in [2.24, 2.45) is 0 Å². The first-order valence-electron chi connectivity index (χ1n) is 6.13. The van der Waals surface area contributed by atoms with Gasteiger partial charge in [0.05, 0.1) is 11.1 Å². The van der Waals surface area contributed by atoms with Gasteiger partial charge in [-0.3, -0.25) is 0 Å². The van der Waals surface area contributed by atoms with E-state index in [1.165, 1.54) is 0 Å². The zero-order chi connectivity index (χ0) is 13.7. The number of rotatable bonds is 7. The van der Waals surface area contributed by atoms with E-state index in [-0.39, 0.29) is 0 Å². The van der Waals surface area contributed by atoms with E-state index in [1.807, 2.05) is 18.3 Å². The third kappa shape index (κ3) is 3.89. The first-order valence-corrected chi connectivity index (χ1v) is 6.92. The van der Waals surface area contributed by atoms with Crippen LogP contribution < -0.4 is 5.32 Å². The van der Waals surface area contributed by atoms with Crippen molar-refractivity contribution in [3.8, 4) is 0 Å². The number of aromatic nitrogens is 3. The third-order valence-electron chi connectivity index (χ3n) is 2.77. The van der Waals surface area contributed by atoms with Gasteiger partial charge < -0.3 is 15.0 Å². The molecule has 0 atom stereocenters. The number of hydrogen-bond acceptors (Lipinski definition) is 5. The molecule has 0 spiro atoms. The Morgan fingerprint density at radius 2 is 2.32 bits per heavy atom. The zero-order valence-electron chi connectivity index (χ0n) is 11.1. The number of pyridine rings is 1. The number of nitrogens with one attached hydrogen (secondary N) is 1. The lowest BCUT2D eigenvalue weighted by Crippen LogP contribution is -2.28. The number of nitrogens with zero attached hydrogens (tertiary/aromatic N) is 4. The molecule has 104 valence electrons. The summed E-state index contributed by atoms with van der Waals surface area (Å²) in [6.07, 6.45) is 1.88. The van der Waals surface area contributed by atoms with Crippen LogP contribution in [-0.4, -0.2) is 59.9 Å². The highest BCUT2D eigenvalue weighted by molar-refractivity contribution is 9.10. The molecule has 2 rings (SSSR count). The average Bonchev–Trinajstić information content (AvgIpc) is 2.81. The molecule has 0 bridgehead atoms. The van der Waals surface area contributed by atoms with Crippen LogP contribution in [0.5, 0.6) is 0 Å². The molecular weight excluding hydrogens is 310 g/mol. The van der Waals surface area contributed by atoms with Crippen molar-refractivity contribution in [2.75, 3.05) is 45.7 Å². The smallest absolute Gasteiger partial charge is 0.243 e. The van der Waals surface area contributed by atoms with E-state index < -0.39 is 0 Å². The van der Waals surface area contributed by atoms with Gasteiger partial charge in [0.15, 0.2) is 5.65 Å². The second-order valence-corrected chi connectivity index (χ2v) is 5.14. The van der Waals surface area contributed by atoms with Gasteiger partial charge in [0.25, 0.3) is 0 Å². The van der Waals surface area contributed by atoms with Crippen LogP contribution in [0.15, 0.2) is 22.8 Å². The van der Waals surface area contributed by atoms with E-state index in [0.29, 0.717) is 5.95 Å². The molecule has 0 fully saturated rings. The Kier molecular flexibility index (Phi) is 5.12. The molecule has 6 nitrogen and oxygen atoms in total. The Hall–Kier alpha value is -1.18. The molecule has 0 unspecified atom stereocenters. The summed E-state index contributed by atoms with van der Waals surface area (Å²) in [5.74, 6) is 0.645. The highest BCUT2D eigenvalue weighted by Crippen LogP contribution is 2.16. The second kappa shape index (κ2) is 6.83. The highest BCUT2D eigenvalue weighted by atomic mass is 79.9. The molecule has 0 aliphatic rings. The summed E-state index contributed by atoms with van der Waals surface area (Å²) >= 11 is 3.46. The molecule has 0 aliphatic heterocycles. The molecule has 2 aromatic heterocycles. The summed E-state index contributed by atoms with van der Waals surface area (Å²) < 4.78 is 7.72. The fourth-order valence-corrected chi connectivity index (χ4v) is 2.09. The summed E-state index contributed by atoms with van der Waals surface area (Å²) in [5.41, 5.74) is 0.817. The lowest BCUT2D eigenvalue weighted by Gasteiger charge is -2.15. The number of methoxy groups -OCH3 is 1. The molecule has 2 aromatic rings. The monoisotopic (exact) mass is 327 g/mol. The number of likely N-dealkylation sites (N-methyl/N-ethyl adjacent to an activating group) is 1. The van der Waals surface area contributed by atoms with Crippen molar-refractivity contribution >= 4 is 27.5 Å². The van der Waals surface area contributed by atoms with Crippen LogP contribution in [0.4, 0.5) is 5.95 Å². The summed E-state index contributed by atoms with van der Waals surface area (Å²) in [7, 11) is 3.78. The number of anilines is 1. The lowest BCUT2D eigenvalue weighted by molar-refractivity contribution is 0.163. The Bertz CT molecular complexity index is 530. The summed E-state index contributed by atoms with van der Waals surface area (Å²) in [4.78, 5) is 6.62. The first-order chi connectivity index (χ1) is 9.20. The standard InChI is InChI=1S/C12H18BrN5O/c1-17(8-9-19-2)7-5-14-12-15-11-10(13)4-3-6-18(11)16-12/h3-4,6H,5,7-9H2,1-2H3,(H,14,16). The van der Waals surface area contributed by atoms with E-state index in [1.54, 1.807) is 11.6 Å². The molecule has 2 heterocycles. The van der Waals surface area contributed by atoms with Crippen LogP contribution in [0.2, 0.25) is 0 Å².